The zero-order valence-corrected chi connectivity index (χ0v) is 17.1. The van der Waals surface area contributed by atoms with E-state index >= 15 is 0 Å². The summed E-state index contributed by atoms with van der Waals surface area (Å²) in [6, 6.07) is 15.0. The number of rotatable bonds is 7. The van der Waals surface area contributed by atoms with Crippen LogP contribution in [0.5, 0.6) is 5.75 Å². The van der Waals surface area contributed by atoms with Crippen LogP contribution < -0.4 is 21.1 Å². The van der Waals surface area contributed by atoms with E-state index in [1.165, 1.54) is 4.68 Å². The molecular formula is C22H25N5O3. The summed E-state index contributed by atoms with van der Waals surface area (Å²) in [5.74, 6) is 1.40. The van der Waals surface area contributed by atoms with Crippen LogP contribution in [0.1, 0.15) is 24.4 Å². The molecule has 2 aromatic carbocycles. The number of benzene rings is 2. The summed E-state index contributed by atoms with van der Waals surface area (Å²) < 4.78 is 8.39. The molecule has 3 aromatic rings. The molecule has 1 heterocycles. The number of methoxy groups -OCH3 is 1. The van der Waals surface area contributed by atoms with Gasteiger partial charge < -0.3 is 15.4 Å². The van der Waals surface area contributed by atoms with Gasteiger partial charge in [-0.05, 0) is 61.7 Å². The molecule has 8 heteroatoms. The highest BCUT2D eigenvalue weighted by Crippen LogP contribution is 2.36. The summed E-state index contributed by atoms with van der Waals surface area (Å²) in [5.41, 5.74) is 2.51. The van der Waals surface area contributed by atoms with Gasteiger partial charge in [0, 0.05) is 23.8 Å². The number of nitrogens with one attached hydrogen (secondary N) is 2. The monoisotopic (exact) mass is 407 g/mol. The molecule has 0 unspecified atom stereocenters. The second kappa shape index (κ2) is 8.44. The van der Waals surface area contributed by atoms with Crippen molar-refractivity contribution in [1.82, 2.24) is 19.7 Å². The normalized spacial score (nSPS) is 13.1. The fraction of sp³-hybridized carbons (Fsp3) is 0.318. The number of nitrogens with zero attached hydrogens (tertiary/aromatic N) is 3. The minimum atomic E-state index is -0.314. The van der Waals surface area contributed by atoms with Crippen molar-refractivity contribution in [3.63, 3.8) is 0 Å². The molecule has 0 atom stereocenters. The summed E-state index contributed by atoms with van der Waals surface area (Å²) in [4.78, 5) is 25.0. The Labute approximate surface area is 174 Å². The number of urea groups is 1. The second-order valence-electron chi connectivity index (χ2n) is 7.41. The summed E-state index contributed by atoms with van der Waals surface area (Å²) in [7, 11) is 1.62. The maximum atomic E-state index is 12.9. The lowest BCUT2D eigenvalue weighted by atomic mass is 10.2. The Morgan fingerprint density at radius 3 is 2.63 bits per heavy atom. The highest BCUT2D eigenvalue weighted by Gasteiger charge is 2.30. The number of aryl methyl sites for hydroxylation is 1. The lowest BCUT2D eigenvalue weighted by Crippen LogP contribution is -2.34. The lowest BCUT2D eigenvalue weighted by Gasteiger charge is -2.07. The molecule has 1 fully saturated rings. The van der Waals surface area contributed by atoms with Crippen LogP contribution in [0.2, 0.25) is 0 Å². The number of anilines is 1. The van der Waals surface area contributed by atoms with Crippen molar-refractivity contribution in [1.29, 1.82) is 0 Å². The van der Waals surface area contributed by atoms with Crippen LogP contribution in [0.25, 0.3) is 11.4 Å². The molecule has 4 rings (SSSR count). The first kappa shape index (κ1) is 19.8. The average molecular weight is 407 g/mol. The van der Waals surface area contributed by atoms with Crippen LogP contribution in [0.3, 0.4) is 0 Å². The first-order valence-electron chi connectivity index (χ1n) is 10.0. The Morgan fingerprint density at radius 1 is 1.20 bits per heavy atom. The Morgan fingerprint density at radius 2 is 1.97 bits per heavy atom. The minimum Gasteiger partial charge on any atom is -0.497 e. The maximum Gasteiger partial charge on any atom is 0.346 e. The van der Waals surface area contributed by atoms with Crippen molar-refractivity contribution in [2.45, 2.75) is 32.4 Å². The van der Waals surface area contributed by atoms with Crippen molar-refractivity contribution in [2.24, 2.45) is 0 Å². The lowest BCUT2D eigenvalue weighted by molar-refractivity contribution is 0.251. The summed E-state index contributed by atoms with van der Waals surface area (Å²) in [6.45, 7) is 2.55. The molecule has 0 saturated heterocycles. The molecule has 1 aromatic heterocycles. The molecule has 0 spiro atoms. The highest BCUT2D eigenvalue weighted by atomic mass is 16.5. The molecule has 1 saturated carbocycles. The van der Waals surface area contributed by atoms with Crippen LogP contribution in [-0.2, 0) is 6.54 Å². The minimum absolute atomic E-state index is 0.149. The number of ether oxygens (including phenoxy) is 1. The summed E-state index contributed by atoms with van der Waals surface area (Å²) >= 11 is 0. The van der Waals surface area contributed by atoms with E-state index in [1.807, 2.05) is 55.5 Å². The van der Waals surface area contributed by atoms with Gasteiger partial charge >= 0.3 is 11.7 Å². The van der Waals surface area contributed by atoms with Gasteiger partial charge in [-0.25, -0.2) is 14.3 Å². The van der Waals surface area contributed by atoms with Gasteiger partial charge in [-0.2, -0.15) is 0 Å². The van der Waals surface area contributed by atoms with Crippen LogP contribution in [0.15, 0.2) is 53.3 Å². The molecule has 8 nitrogen and oxygen atoms in total. The first-order chi connectivity index (χ1) is 14.5. The van der Waals surface area contributed by atoms with Gasteiger partial charge in [-0.3, -0.25) is 4.57 Å². The highest BCUT2D eigenvalue weighted by molar-refractivity contribution is 5.89. The van der Waals surface area contributed by atoms with E-state index in [9.17, 15) is 9.59 Å². The topological polar surface area (TPSA) is 90.2 Å². The van der Waals surface area contributed by atoms with Crippen LogP contribution in [0, 0.1) is 6.92 Å². The van der Waals surface area contributed by atoms with E-state index in [0.29, 0.717) is 18.9 Å². The predicted molar refractivity (Wildman–Crippen MR) is 115 cm³/mol. The zero-order chi connectivity index (χ0) is 21.1. The Kier molecular flexibility index (Phi) is 5.56. The summed E-state index contributed by atoms with van der Waals surface area (Å²) in [6.07, 6.45) is 1.96. The summed E-state index contributed by atoms with van der Waals surface area (Å²) in [5, 5.41) is 10.1. The molecule has 2 N–H and O–H groups in total. The number of amides is 2. The Balaban J connectivity index is 1.44. The van der Waals surface area contributed by atoms with Gasteiger partial charge in [0.25, 0.3) is 0 Å². The fourth-order valence-corrected chi connectivity index (χ4v) is 3.34. The molecule has 2 amide bonds. The molecule has 0 bridgehead atoms. The molecule has 1 aliphatic carbocycles. The molecule has 1 aliphatic rings. The van der Waals surface area contributed by atoms with Gasteiger partial charge in [0.1, 0.15) is 5.75 Å². The average Bonchev–Trinajstić information content (AvgIpc) is 3.52. The molecule has 30 heavy (non-hydrogen) atoms. The van der Waals surface area contributed by atoms with Crippen LogP contribution in [-0.4, -0.2) is 34.0 Å². The van der Waals surface area contributed by atoms with Gasteiger partial charge in [-0.1, -0.05) is 12.1 Å². The van der Waals surface area contributed by atoms with Crippen molar-refractivity contribution in [3.05, 3.63) is 64.6 Å². The van der Waals surface area contributed by atoms with E-state index in [0.717, 1.165) is 35.4 Å². The number of carbonyl (C=O) groups is 1. The predicted octanol–water partition coefficient (Wildman–Crippen LogP) is 3.19. The molecule has 0 aliphatic heterocycles. The Bertz CT molecular complexity index is 1100. The third-order valence-electron chi connectivity index (χ3n) is 5.02. The van der Waals surface area contributed by atoms with Crippen molar-refractivity contribution >= 4 is 11.7 Å². The third-order valence-corrected chi connectivity index (χ3v) is 5.02. The number of hydrogen-bond acceptors (Lipinski definition) is 4. The van der Waals surface area contributed by atoms with E-state index < -0.39 is 0 Å². The smallest absolute Gasteiger partial charge is 0.346 e. The van der Waals surface area contributed by atoms with E-state index in [4.69, 9.17) is 4.74 Å². The zero-order valence-electron chi connectivity index (χ0n) is 17.1. The van der Waals surface area contributed by atoms with Crippen LogP contribution >= 0.6 is 0 Å². The second-order valence-corrected chi connectivity index (χ2v) is 7.41. The SMILES string of the molecule is COc1ccc(-c2nn(CCNC(=O)Nc3cccc(C)c3)c(=O)n2C2CC2)cc1. The van der Waals surface area contributed by atoms with Crippen molar-refractivity contribution < 1.29 is 9.53 Å². The van der Waals surface area contributed by atoms with Gasteiger partial charge in [0.05, 0.1) is 13.7 Å². The van der Waals surface area contributed by atoms with Crippen LogP contribution in [0.4, 0.5) is 10.5 Å². The van der Waals surface area contributed by atoms with E-state index in [1.54, 1.807) is 11.7 Å². The quantitative estimate of drug-likeness (QED) is 0.629. The number of carbonyl (C=O) groups excluding carboxylic acids is 1. The number of aromatic nitrogens is 3. The fourth-order valence-electron chi connectivity index (χ4n) is 3.34. The van der Waals surface area contributed by atoms with Crippen molar-refractivity contribution in [2.75, 3.05) is 19.0 Å². The van der Waals surface area contributed by atoms with Gasteiger partial charge in [0.15, 0.2) is 5.82 Å². The first-order valence-corrected chi connectivity index (χ1v) is 10.0. The molecular weight excluding hydrogens is 382 g/mol. The standard InChI is InChI=1S/C22H25N5O3/c1-15-4-3-5-17(14-15)24-21(28)23-12-13-26-22(29)27(18-8-9-18)20(25-26)16-6-10-19(30-2)11-7-16/h3-7,10-11,14,18H,8-9,12-13H2,1-2H3,(H2,23,24,28). The molecule has 156 valence electrons. The number of hydrogen-bond donors (Lipinski definition) is 2. The van der Waals surface area contributed by atoms with Crippen molar-refractivity contribution in [3.8, 4) is 17.1 Å². The molecule has 0 radical (unpaired) electrons. The van der Waals surface area contributed by atoms with E-state index in [2.05, 4.69) is 15.7 Å². The van der Waals surface area contributed by atoms with Gasteiger partial charge in [0.2, 0.25) is 0 Å². The largest absolute Gasteiger partial charge is 0.497 e. The Hall–Kier alpha value is -3.55. The van der Waals surface area contributed by atoms with E-state index in [-0.39, 0.29) is 17.8 Å². The third kappa shape index (κ3) is 4.37. The van der Waals surface area contributed by atoms with Gasteiger partial charge in [-0.15, -0.1) is 5.10 Å². The maximum absolute atomic E-state index is 12.9.